The lowest BCUT2D eigenvalue weighted by molar-refractivity contribution is -0.113. The second-order valence-electron chi connectivity index (χ2n) is 6.98. The van der Waals surface area contributed by atoms with Crippen LogP contribution < -0.4 is 9.64 Å². The van der Waals surface area contributed by atoms with E-state index in [0.29, 0.717) is 15.0 Å². The molecule has 0 N–H and O–H groups in total. The minimum Gasteiger partial charge on any atom is -0.436 e. The molecular formula is C24H13ClFN3O2S2. The van der Waals surface area contributed by atoms with Gasteiger partial charge in [0.2, 0.25) is 11.1 Å². The molecule has 5 rings (SSSR count). The van der Waals surface area contributed by atoms with Gasteiger partial charge in [0.25, 0.3) is 11.8 Å². The number of rotatable bonds is 4. The van der Waals surface area contributed by atoms with Gasteiger partial charge in [-0.05, 0) is 46.8 Å². The molecule has 4 aromatic rings. The van der Waals surface area contributed by atoms with Crippen LogP contribution in [0.4, 0.5) is 10.1 Å². The number of halogens is 2. The number of thioether (sulfide) groups is 1. The number of carbonyl (C=O) groups excluding carboxylic acids is 1. The molecule has 0 bridgehead atoms. The number of benzene rings is 3. The lowest BCUT2D eigenvalue weighted by Crippen LogP contribution is -2.27. The van der Waals surface area contributed by atoms with Crippen molar-refractivity contribution in [1.82, 2.24) is 9.97 Å². The van der Waals surface area contributed by atoms with Crippen molar-refractivity contribution in [3.05, 3.63) is 94.5 Å². The Morgan fingerprint density at radius 2 is 1.82 bits per heavy atom. The predicted molar refractivity (Wildman–Crippen MR) is 133 cm³/mol. The van der Waals surface area contributed by atoms with Crippen molar-refractivity contribution in [2.75, 3.05) is 4.90 Å². The molecule has 3 aromatic carbocycles. The predicted octanol–water partition coefficient (Wildman–Crippen LogP) is 6.62. The van der Waals surface area contributed by atoms with Gasteiger partial charge in [0.1, 0.15) is 5.75 Å². The Bertz CT molecular complexity index is 1440. The maximum Gasteiger partial charge on any atom is 0.270 e. The van der Waals surface area contributed by atoms with Crippen LogP contribution in [0.15, 0.2) is 77.8 Å². The number of thiocarbonyl (C=S) groups is 1. The molecule has 1 aliphatic heterocycles. The van der Waals surface area contributed by atoms with Crippen molar-refractivity contribution in [3.8, 4) is 11.6 Å². The maximum atomic E-state index is 13.8. The van der Waals surface area contributed by atoms with Crippen molar-refractivity contribution in [1.29, 1.82) is 0 Å². The molecule has 5 nitrogen and oxygen atoms in total. The fourth-order valence-electron chi connectivity index (χ4n) is 3.38. The largest absolute Gasteiger partial charge is 0.436 e. The zero-order valence-electron chi connectivity index (χ0n) is 16.7. The van der Waals surface area contributed by atoms with Crippen molar-refractivity contribution < 1.29 is 13.9 Å². The molecule has 1 aromatic heterocycles. The molecule has 2 heterocycles. The van der Waals surface area contributed by atoms with Crippen LogP contribution in [0.3, 0.4) is 0 Å². The van der Waals surface area contributed by atoms with Crippen LogP contribution in [-0.4, -0.2) is 20.2 Å². The summed E-state index contributed by atoms with van der Waals surface area (Å²) in [5, 5.41) is 1.87. The van der Waals surface area contributed by atoms with Crippen LogP contribution in [-0.2, 0) is 4.79 Å². The Kier molecular flexibility index (Phi) is 5.80. The Labute approximate surface area is 202 Å². The number of amides is 1. The van der Waals surface area contributed by atoms with Gasteiger partial charge in [-0.2, -0.15) is 9.37 Å². The molecule has 1 saturated heterocycles. The van der Waals surface area contributed by atoms with Gasteiger partial charge in [-0.1, -0.05) is 72.5 Å². The molecule has 1 aliphatic rings. The van der Waals surface area contributed by atoms with Gasteiger partial charge in [0.05, 0.1) is 16.8 Å². The van der Waals surface area contributed by atoms with Crippen LogP contribution >= 0.6 is 35.6 Å². The van der Waals surface area contributed by atoms with E-state index in [1.165, 1.54) is 11.8 Å². The molecule has 0 spiro atoms. The second-order valence-corrected chi connectivity index (χ2v) is 8.99. The highest BCUT2D eigenvalue weighted by Crippen LogP contribution is 2.39. The Morgan fingerprint density at radius 3 is 2.64 bits per heavy atom. The number of nitrogens with zero attached hydrogens (tertiary/aromatic N) is 3. The van der Waals surface area contributed by atoms with E-state index < -0.39 is 5.82 Å². The van der Waals surface area contributed by atoms with Gasteiger partial charge in [0, 0.05) is 5.39 Å². The van der Waals surface area contributed by atoms with Gasteiger partial charge in [-0.15, -0.1) is 0 Å². The van der Waals surface area contributed by atoms with E-state index in [1.807, 2.05) is 42.5 Å². The molecule has 0 radical (unpaired) electrons. The number of anilines is 1. The topological polar surface area (TPSA) is 55.3 Å². The monoisotopic (exact) mass is 493 g/mol. The minimum atomic E-state index is -0.722. The fraction of sp³-hybridized carbons (Fsp3) is 0. The summed E-state index contributed by atoms with van der Waals surface area (Å²) >= 11 is 12.5. The molecule has 9 heteroatoms. The number of hydrogen-bond acceptors (Lipinski definition) is 6. The third kappa shape index (κ3) is 4.32. The lowest BCUT2D eigenvalue weighted by atomic mass is 10.1. The second kappa shape index (κ2) is 8.90. The summed E-state index contributed by atoms with van der Waals surface area (Å²) in [5.41, 5.74) is 1.52. The number of carbonyl (C=O) groups is 1. The lowest BCUT2D eigenvalue weighted by Gasteiger charge is -2.17. The summed E-state index contributed by atoms with van der Waals surface area (Å²) in [6.07, 6.45) is 2.70. The number of hydrogen-bond donors (Lipinski definition) is 0. The first kappa shape index (κ1) is 21.5. The zero-order chi connectivity index (χ0) is 22.9. The van der Waals surface area contributed by atoms with E-state index in [9.17, 15) is 9.18 Å². The van der Waals surface area contributed by atoms with E-state index in [-0.39, 0.29) is 17.1 Å². The molecule has 1 fully saturated rings. The molecule has 0 atom stereocenters. The van der Waals surface area contributed by atoms with E-state index in [4.69, 9.17) is 28.6 Å². The standard InChI is InChI=1S/C24H13ClFN3O2S2/c25-23-27-13-18(26)21(28-23)31-16-10-8-14(9-11-16)12-20-22(30)29(24(32)33-20)19-7-3-5-15-4-1-2-6-17(15)19/h1-13H/b20-12+. The normalized spacial score (nSPS) is 15.0. The SMILES string of the molecule is O=C1/C(=C\c2ccc(Oc3nc(Cl)ncc3F)cc2)SC(=S)N1c1cccc2ccccc12. The van der Waals surface area contributed by atoms with E-state index in [1.54, 1.807) is 35.2 Å². The summed E-state index contributed by atoms with van der Waals surface area (Å²) < 4.78 is 19.7. The Morgan fingerprint density at radius 1 is 1.06 bits per heavy atom. The van der Waals surface area contributed by atoms with Crippen molar-refractivity contribution in [3.63, 3.8) is 0 Å². The third-order valence-corrected chi connectivity index (χ3v) is 6.36. The maximum absolute atomic E-state index is 13.8. The highest BCUT2D eigenvalue weighted by atomic mass is 35.5. The van der Waals surface area contributed by atoms with Crippen molar-refractivity contribution >= 4 is 68.3 Å². The van der Waals surface area contributed by atoms with Gasteiger partial charge >= 0.3 is 0 Å². The third-order valence-electron chi connectivity index (χ3n) is 4.88. The molecule has 0 saturated carbocycles. The van der Waals surface area contributed by atoms with Crippen LogP contribution in [0.1, 0.15) is 5.56 Å². The van der Waals surface area contributed by atoms with Gasteiger partial charge < -0.3 is 4.74 Å². The first-order valence-corrected chi connectivity index (χ1v) is 11.3. The number of ether oxygens (including phenoxy) is 1. The molecule has 0 aliphatic carbocycles. The quantitative estimate of drug-likeness (QED) is 0.181. The van der Waals surface area contributed by atoms with Gasteiger partial charge in [-0.25, -0.2) is 4.98 Å². The molecule has 33 heavy (non-hydrogen) atoms. The summed E-state index contributed by atoms with van der Waals surface area (Å²) in [7, 11) is 0. The number of aromatic nitrogens is 2. The van der Waals surface area contributed by atoms with Crippen LogP contribution in [0.2, 0.25) is 5.28 Å². The van der Waals surface area contributed by atoms with Gasteiger partial charge in [0.15, 0.2) is 4.32 Å². The average molecular weight is 494 g/mol. The van der Waals surface area contributed by atoms with Crippen LogP contribution in [0.5, 0.6) is 11.6 Å². The molecule has 0 unspecified atom stereocenters. The van der Waals surface area contributed by atoms with E-state index in [0.717, 1.165) is 28.2 Å². The summed E-state index contributed by atoms with van der Waals surface area (Å²) in [4.78, 5) is 22.6. The number of fused-ring (bicyclic) bond motifs is 1. The molecule has 1 amide bonds. The summed E-state index contributed by atoms with van der Waals surface area (Å²) in [6.45, 7) is 0. The highest BCUT2D eigenvalue weighted by Gasteiger charge is 2.34. The van der Waals surface area contributed by atoms with Gasteiger partial charge in [-0.3, -0.25) is 9.69 Å². The van der Waals surface area contributed by atoms with E-state index >= 15 is 0 Å². The average Bonchev–Trinajstić information content (AvgIpc) is 3.09. The Hall–Kier alpha value is -3.33. The molecular weight excluding hydrogens is 481 g/mol. The molecule has 162 valence electrons. The Balaban J connectivity index is 1.39. The van der Waals surface area contributed by atoms with E-state index in [2.05, 4.69) is 9.97 Å². The zero-order valence-corrected chi connectivity index (χ0v) is 19.1. The first-order valence-electron chi connectivity index (χ1n) is 9.71. The summed E-state index contributed by atoms with van der Waals surface area (Å²) in [6, 6.07) is 20.4. The van der Waals surface area contributed by atoms with Crippen molar-refractivity contribution in [2.24, 2.45) is 0 Å². The van der Waals surface area contributed by atoms with Crippen LogP contribution in [0, 0.1) is 5.82 Å². The van der Waals surface area contributed by atoms with Crippen LogP contribution in [0.25, 0.3) is 16.8 Å². The summed E-state index contributed by atoms with van der Waals surface area (Å²) in [5.74, 6) is -0.803. The first-order chi connectivity index (χ1) is 16.0. The highest BCUT2D eigenvalue weighted by molar-refractivity contribution is 8.27. The fourth-order valence-corrected chi connectivity index (χ4v) is 4.79. The smallest absolute Gasteiger partial charge is 0.270 e. The minimum absolute atomic E-state index is 0.115. The van der Waals surface area contributed by atoms with Crippen molar-refractivity contribution in [2.45, 2.75) is 0 Å².